The maximum Gasteiger partial charge on any atom is 0.250 e. The molecule has 0 fully saturated rings. The van der Waals surface area contributed by atoms with Crippen LogP contribution >= 0.6 is 0 Å². The van der Waals surface area contributed by atoms with Crippen molar-refractivity contribution >= 4 is 17.3 Å². The van der Waals surface area contributed by atoms with E-state index in [9.17, 15) is 9.90 Å². The summed E-state index contributed by atoms with van der Waals surface area (Å²) in [4.78, 5) is 11.3. The predicted octanol–water partition coefficient (Wildman–Crippen LogP) is 1.73. The number of nitrogen functional groups attached to an aromatic ring is 1. The van der Waals surface area contributed by atoms with Gasteiger partial charge in [0.05, 0.1) is 5.56 Å². The van der Waals surface area contributed by atoms with Gasteiger partial charge in [-0.1, -0.05) is 12.1 Å². The van der Waals surface area contributed by atoms with Crippen molar-refractivity contribution in [1.29, 1.82) is 0 Å². The highest BCUT2D eigenvalue weighted by Crippen LogP contribution is 2.18. The second-order valence-electron chi connectivity index (χ2n) is 4.51. The van der Waals surface area contributed by atoms with Crippen LogP contribution in [0.4, 0.5) is 11.4 Å². The van der Waals surface area contributed by atoms with Crippen LogP contribution in [0.25, 0.3) is 0 Å². The van der Waals surface area contributed by atoms with Crippen molar-refractivity contribution in [2.45, 2.75) is 6.42 Å². The lowest BCUT2D eigenvalue weighted by molar-refractivity contribution is 0.100. The maximum absolute atomic E-state index is 11.3. The molecule has 0 aliphatic carbocycles. The van der Waals surface area contributed by atoms with Crippen molar-refractivity contribution in [3.63, 3.8) is 0 Å². The molecule has 5 nitrogen and oxygen atoms in total. The highest BCUT2D eigenvalue weighted by Gasteiger charge is 2.08. The average Bonchev–Trinajstić information content (AvgIpc) is 2.42. The smallest absolute Gasteiger partial charge is 0.250 e. The van der Waals surface area contributed by atoms with E-state index in [0.717, 1.165) is 12.0 Å². The Bertz CT molecular complexity index is 609. The van der Waals surface area contributed by atoms with E-state index in [2.05, 4.69) is 5.32 Å². The lowest BCUT2D eigenvalue weighted by Gasteiger charge is -2.11. The van der Waals surface area contributed by atoms with Crippen LogP contribution in [0.2, 0.25) is 0 Å². The summed E-state index contributed by atoms with van der Waals surface area (Å²) in [6, 6.07) is 12.0. The number of carbonyl (C=O) groups is 1. The molecule has 2 aromatic carbocycles. The third-order valence-corrected chi connectivity index (χ3v) is 2.97. The van der Waals surface area contributed by atoms with Gasteiger partial charge >= 0.3 is 0 Å². The molecule has 0 saturated heterocycles. The van der Waals surface area contributed by atoms with E-state index in [4.69, 9.17) is 11.5 Å². The van der Waals surface area contributed by atoms with Crippen LogP contribution in [0.3, 0.4) is 0 Å². The maximum atomic E-state index is 11.3. The van der Waals surface area contributed by atoms with Gasteiger partial charge in [0.1, 0.15) is 5.75 Å². The van der Waals surface area contributed by atoms with E-state index in [1.165, 1.54) is 0 Å². The third kappa shape index (κ3) is 3.41. The lowest BCUT2D eigenvalue weighted by atomic mass is 10.1. The van der Waals surface area contributed by atoms with Crippen molar-refractivity contribution in [3.05, 3.63) is 53.6 Å². The summed E-state index contributed by atoms with van der Waals surface area (Å²) in [6.07, 6.45) is 0.767. The Labute approximate surface area is 117 Å². The monoisotopic (exact) mass is 271 g/mol. The van der Waals surface area contributed by atoms with Crippen molar-refractivity contribution in [1.82, 2.24) is 0 Å². The summed E-state index contributed by atoms with van der Waals surface area (Å²) in [5.74, 6) is -0.263. The molecule has 0 unspecified atom stereocenters. The molecule has 0 saturated carbocycles. The Kier molecular flexibility index (Phi) is 4.10. The van der Waals surface area contributed by atoms with Gasteiger partial charge in [-0.2, -0.15) is 0 Å². The highest BCUT2D eigenvalue weighted by atomic mass is 16.3. The molecule has 0 radical (unpaired) electrons. The Hall–Kier alpha value is -2.69. The van der Waals surface area contributed by atoms with Crippen LogP contribution in [-0.4, -0.2) is 17.6 Å². The van der Waals surface area contributed by atoms with Crippen LogP contribution in [0, 0.1) is 0 Å². The number of amides is 1. The zero-order valence-electron chi connectivity index (χ0n) is 11.0. The van der Waals surface area contributed by atoms with Gasteiger partial charge in [0.25, 0.3) is 5.91 Å². The zero-order valence-corrected chi connectivity index (χ0v) is 11.0. The summed E-state index contributed by atoms with van der Waals surface area (Å²) < 4.78 is 0. The normalized spacial score (nSPS) is 10.2. The van der Waals surface area contributed by atoms with E-state index in [-0.39, 0.29) is 5.75 Å². The molecule has 2 aromatic rings. The minimum Gasteiger partial charge on any atom is -0.508 e. The van der Waals surface area contributed by atoms with Crippen LogP contribution in [0.5, 0.6) is 5.75 Å². The first-order chi connectivity index (χ1) is 9.56. The van der Waals surface area contributed by atoms with Crippen LogP contribution < -0.4 is 16.8 Å². The summed E-state index contributed by atoms with van der Waals surface area (Å²) in [5, 5.41) is 12.4. The number of rotatable bonds is 5. The summed E-state index contributed by atoms with van der Waals surface area (Å²) in [7, 11) is 0. The fraction of sp³-hybridized carbons (Fsp3) is 0.133. The number of benzene rings is 2. The fourth-order valence-corrected chi connectivity index (χ4v) is 1.92. The van der Waals surface area contributed by atoms with Crippen LogP contribution in [0.15, 0.2) is 42.5 Å². The molecular formula is C15H17N3O2. The molecule has 104 valence electrons. The first-order valence-electron chi connectivity index (χ1n) is 6.27. The second kappa shape index (κ2) is 5.97. The van der Waals surface area contributed by atoms with Crippen LogP contribution in [0.1, 0.15) is 15.9 Å². The molecule has 0 heterocycles. The first-order valence-corrected chi connectivity index (χ1v) is 6.27. The van der Waals surface area contributed by atoms with E-state index in [1.54, 1.807) is 30.3 Å². The number of nitrogens with one attached hydrogen (secondary N) is 1. The number of hydrogen-bond donors (Lipinski definition) is 4. The molecule has 2 rings (SSSR count). The molecular weight excluding hydrogens is 254 g/mol. The topological polar surface area (TPSA) is 101 Å². The zero-order chi connectivity index (χ0) is 14.5. The van der Waals surface area contributed by atoms with Gasteiger partial charge in [-0.15, -0.1) is 0 Å². The third-order valence-electron chi connectivity index (χ3n) is 2.97. The standard InChI is InChI=1S/C15H17N3O2/c16-11-3-6-14(13(9-11)15(17)20)18-8-7-10-1-4-12(19)5-2-10/h1-6,9,18-19H,7-8,16H2,(H2,17,20). The largest absolute Gasteiger partial charge is 0.508 e. The number of hydrogen-bond acceptors (Lipinski definition) is 4. The van der Waals surface area contributed by atoms with Gasteiger partial charge < -0.3 is 21.9 Å². The Morgan fingerprint density at radius 1 is 1.15 bits per heavy atom. The highest BCUT2D eigenvalue weighted by molar-refractivity contribution is 5.99. The molecule has 20 heavy (non-hydrogen) atoms. The van der Waals surface area contributed by atoms with Gasteiger partial charge in [-0.05, 0) is 42.3 Å². The Morgan fingerprint density at radius 2 is 1.85 bits per heavy atom. The van der Waals surface area contributed by atoms with Crippen LogP contribution in [-0.2, 0) is 6.42 Å². The average molecular weight is 271 g/mol. The molecule has 0 atom stereocenters. The summed E-state index contributed by atoms with van der Waals surface area (Å²) >= 11 is 0. The number of anilines is 2. The first kappa shape index (κ1) is 13.7. The Balaban J connectivity index is 2.00. The van der Waals surface area contributed by atoms with Gasteiger partial charge in [0.2, 0.25) is 0 Å². The second-order valence-corrected chi connectivity index (χ2v) is 4.51. The number of carbonyl (C=O) groups excluding carboxylic acids is 1. The molecule has 0 bridgehead atoms. The van der Waals surface area contributed by atoms with Gasteiger partial charge in [0.15, 0.2) is 0 Å². The number of aromatic hydroxyl groups is 1. The molecule has 0 aliphatic rings. The number of phenolic OH excluding ortho intramolecular Hbond substituents is 1. The number of primary amides is 1. The molecule has 0 aromatic heterocycles. The van der Waals surface area contributed by atoms with Crippen molar-refractivity contribution in [2.24, 2.45) is 5.73 Å². The molecule has 5 heteroatoms. The predicted molar refractivity (Wildman–Crippen MR) is 79.7 cm³/mol. The quantitative estimate of drug-likeness (QED) is 0.622. The SMILES string of the molecule is NC(=O)c1cc(N)ccc1NCCc1ccc(O)cc1. The summed E-state index contributed by atoms with van der Waals surface area (Å²) in [6.45, 7) is 0.648. The van der Waals surface area contributed by atoms with Gasteiger partial charge in [-0.3, -0.25) is 4.79 Å². The minimum absolute atomic E-state index is 0.247. The molecule has 0 aliphatic heterocycles. The molecule has 6 N–H and O–H groups in total. The molecule has 1 amide bonds. The van der Waals surface area contributed by atoms with Gasteiger partial charge in [-0.25, -0.2) is 0 Å². The number of nitrogens with two attached hydrogens (primary N) is 2. The fourth-order valence-electron chi connectivity index (χ4n) is 1.92. The Morgan fingerprint density at radius 3 is 2.50 bits per heavy atom. The summed E-state index contributed by atoms with van der Waals surface area (Å²) in [5.41, 5.74) is 13.6. The van der Waals surface area contributed by atoms with Crippen molar-refractivity contribution in [2.75, 3.05) is 17.6 Å². The molecule has 0 spiro atoms. The van der Waals surface area contributed by atoms with E-state index in [0.29, 0.717) is 23.5 Å². The van der Waals surface area contributed by atoms with Crippen molar-refractivity contribution in [3.8, 4) is 5.75 Å². The van der Waals surface area contributed by atoms with Gasteiger partial charge in [0, 0.05) is 17.9 Å². The van der Waals surface area contributed by atoms with Crippen molar-refractivity contribution < 1.29 is 9.90 Å². The minimum atomic E-state index is -0.510. The lowest BCUT2D eigenvalue weighted by Crippen LogP contribution is -2.16. The van der Waals surface area contributed by atoms with E-state index in [1.807, 2.05) is 12.1 Å². The number of phenols is 1. The van der Waals surface area contributed by atoms with E-state index >= 15 is 0 Å². The van der Waals surface area contributed by atoms with E-state index < -0.39 is 5.91 Å².